The van der Waals surface area contributed by atoms with Crippen LogP contribution in [-0.4, -0.2) is 51.9 Å². The number of aldehydes is 1. The van der Waals surface area contributed by atoms with Gasteiger partial charge in [-0.2, -0.15) is 5.06 Å². The molecule has 1 aliphatic rings. The van der Waals surface area contributed by atoms with Gasteiger partial charge < -0.3 is 20.7 Å². The Kier molecular flexibility index (Phi) is 6.76. The SMILES string of the molecule is CC=O.CON1CCNCC1S(=O)(=O)c1ccc(N)cc1. The number of rotatable bonds is 3. The number of piperazine rings is 1. The van der Waals surface area contributed by atoms with Gasteiger partial charge in [0.05, 0.1) is 12.0 Å². The Balaban J connectivity index is 0.000000677. The highest BCUT2D eigenvalue weighted by atomic mass is 32.2. The summed E-state index contributed by atoms with van der Waals surface area (Å²) in [4.78, 5) is 14.2. The number of carbonyl (C=O) groups excluding carboxylic acids is 1. The second-order valence-corrected chi connectivity index (χ2v) is 6.44. The Morgan fingerprint density at radius 1 is 1.38 bits per heavy atom. The van der Waals surface area contributed by atoms with Crippen LogP contribution < -0.4 is 11.1 Å². The number of benzene rings is 1. The van der Waals surface area contributed by atoms with Crippen LogP contribution in [0.4, 0.5) is 5.69 Å². The van der Waals surface area contributed by atoms with Crippen molar-refractivity contribution >= 4 is 21.8 Å². The molecular weight excluding hydrogens is 294 g/mol. The molecule has 0 radical (unpaired) electrons. The highest BCUT2D eigenvalue weighted by Gasteiger charge is 2.35. The van der Waals surface area contributed by atoms with Gasteiger partial charge in [-0.3, -0.25) is 0 Å². The first-order valence-electron chi connectivity index (χ1n) is 6.48. The number of hydroxylamine groups is 2. The molecule has 3 N–H and O–H groups in total. The predicted molar refractivity (Wildman–Crippen MR) is 80.2 cm³/mol. The molecule has 1 aromatic rings. The van der Waals surface area contributed by atoms with E-state index >= 15 is 0 Å². The molecule has 1 unspecified atom stereocenters. The molecule has 0 aromatic heterocycles. The summed E-state index contributed by atoms with van der Waals surface area (Å²) in [7, 11) is -1.97. The van der Waals surface area contributed by atoms with Crippen molar-refractivity contribution in [2.75, 3.05) is 32.5 Å². The third-order valence-corrected chi connectivity index (χ3v) is 5.00. The number of nitrogens with zero attached hydrogens (tertiary/aromatic N) is 1. The fourth-order valence-corrected chi connectivity index (χ4v) is 3.62. The summed E-state index contributed by atoms with van der Waals surface area (Å²) >= 11 is 0. The number of carbonyl (C=O) groups is 1. The fraction of sp³-hybridized carbons (Fsp3) is 0.462. The van der Waals surface area contributed by atoms with E-state index < -0.39 is 15.2 Å². The smallest absolute Gasteiger partial charge is 0.197 e. The van der Waals surface area contributed by atoms with E-state index in [9.17, 15) is 8.42 Å². The second-order valence-electron chi connectivity index (χ2n) is 4.33. The Bertz CT molecular complexity index is 545. The average Bonchev–Trinajstić information content (AvgIpc) is 2.48. The molecular formula is C13H21N3O4S. The van der Waals surface area contributed by atoms with Gasteiger partial charge in [-0.15, -0.1) is 0 Å². The van der Waals surface area contributed by atoms with Crippen molar-refractivity contribution in [3.05, 3.63) is 24.3 Å². The van der Waals surface area contributed by atoms with Crippen LogP contribution in [0.5, 0.6) is 0 Å². The first-order chi connectivity index (χ1) is 9.97. The van der Waals surface area contributed by atoms with Gasteiger partial charge in [0.2, 0.25) is 0 Å². The summed E-state index contributed by atoms with van der Waals surface area (Å²) in [6.07, 6.45) is 0.750. The van der Waals surface area contributed by atoms with Gasteiger partial charge in [0.25, 0.3) is 0 Å². The minimum Gasteiger partial charge on any atom is -0.399 e. The van der Waals surface area contributed by atoms with Crippen LogP contribution in [0.2, 0.25) is 0 Å². The van der Waals surface area contributed by atoms with Crippen molar-refractivity contribution in [2.45, 2.75) is 17.2 Å². The Labute approximate surface area is 124 Å². The molecule has 0 bridgehead atoms. The molecule has 21 heavy (non-hydrogen) atoms. The minimum atomic E-state index is -3.46. The first kappa shape index (κ1) is 17.6. The number of nitrogens with two attached hydrogens (primary N) is 1. The standard InChI is InChI=1S/C11H17N3O3S.C2H4O/c1-17-14-7-6-13-8-11(14)18(15,16)10-4-2-9(12)3-5-10;1-2-3/h2-5,11,13H,6-8,12H2,1H3;2H,1H3. The summed E-state index contributed by atoms with van der Waals surface area (Å²) in [5, 5.41) is 3.84. The predicted octanol–water partition coefficient (Wildman–Crippen LogP) is 0.0404. The zero-order valence-electron chi connectivity index (χ0n) is 12.2. The van der Waals surface area contributed by atoms with E-state index in [4.69, 9.17) is 15.4 Å². The van der Waals surface area contributed by atoms with Crippen LogP contribution in [0.1, 0.15) is 6.92 Å². The normalized spacial score (nSPS) is 19.4. The monoisotopic (exact) mass is 315 g/mol. The van der Waals surface area contributed by atoms with Gasteiger partial charge in [-0.05, 0) is 31.2 Å². The lowest BCUT2D eigenvalue weighted by Crippen LogP contribution is -2.54. The van der Waals surface area contributed by atoms with Crippen LogP contribution in [0.3, 0.4) is 0 Å². The van der Waals surface area contributed by atoms with E-state index in [-0.39, 0.29) is 4.90 Å². The van der Waals surface area contributed by atoms with Crippen molar-refractivity contribution < 1.29 is 18.0 Å². The van der Waals surface area contributed by atoms with E-state index in [0.29, 0.717) is 25.3 Å². The van der Waals surface area contributed by atoms with Gasteiger partial charge in [-0.25, -0.2) is 8.42 Å². The molecule has 1 saturated heterocycles. The van der Waals surface area contributed by atoms with Crippen molar-refractivity contribution in [1.29, 1.82) is 0 Å². The number of nitrogen functional groups attached to an aromatic ring is 1. The third kappa shape index (κ3) is 4.50. The Hall–Kier alpha value is -1.48. The molecule has 1 aliphatic heterocycles. The van der Waals surface area contributed by atoms with Crippen molar-refractivity contribution in [2.24, 2.45) is 0 Å². The fourth-order valence-electron chi connectivity index (χ4n) is 1.95. The highest BCUT2D eigenvalue weighted by molar-refractivity contribution is 7.92. The van der Waals surface area contributed by atoms with Crippen LogP contribution in [0.25, 0.3) is 0 Å². The topological polar surface area (TPSA) is 102 Å². The molecule has 8 heteroatoms. The Morgan fingerprint density at radius 3 is 2.48 bits per heavy atom. The minimum absolute atomic E-state index is 0.257. The van der Waals surface area contributed by atoms with E-state index in [0.717, 1.165) is 6.29 Å². The Morgan fingerprint density at radius 2 is 1.95 bits per heavy atom. The molecule has 118 valence electrons. The second kappa shape index (κ2) is 8.08. The molecule has 2 rings (SSSR count). The van der Waals surface area contributed by atoms with E-state index in [1.807, 2.05) is 0 Å². The average molecular weight is 315 g/mol. The van der Waals surface area contributed by atoms with Gasteiger partial charge in [0.15, 0.2) is 15.2 Å². The lowest BCUT2D eigenvalue weighted by atomic mass is 10.3. The van der Waals surface area contributed by atoms with Crippen LogP contribution >= 0.6 is 0 Å². The molecule has 1 aromatic carbocycles. The number of hydrogen-bond donors (Lipinski definition) is 2. The number of anilines is 1. The molecule has 0 saturated carbocycles. The quantitative estimate of drug-likeness (QED) is 0.600. The maximum atomic E-state index is 12.5. The van der Waals surface area contributed by atoms with Crippen molar-refractivity contribution in [3.8, 4) is 0 Å². The summed E-state index contributed by atoms with van der Waals surface area (Å²) in [5.41, 5.74) is 6.10. The highest BCUT2D eigenvalue weighted by Crippen LogP contribution is 2.21. The summed E-state index contributed by atoms with van der Waals surface area (Å²) in [5.74, 6) is 0. The summed E-state index contributed by atoms with van der Waals surface area (Å²) < 4.78 is 24.9. The lowest BCUT2D eigenvalue weighted by Gasteiger charge is -2.33. The van der Waals surface area contributed by atoms with Crippen molar-refractivity contribution in [3.63, 3.8) is 0 Å². The van der Waals surface area contributed by atoms with Crippen LogP contribution in [-0.2, 0) is 19.5 Å². The molecule has 1 heterocycles. The lowest BCUT2D eigenvalue weighted by molar-refractivity contribution is -0.148. The maximum absolute atomic E-state index is 12.5. The summed E-state index contributed by atoms with van der Waals surface area (Å²) in [6.45, 7) is 3.04. The molecule has 0 aliphatic carbocycles. The van der Waals surface area contributed by atoms with Crippen molar-refractivity contribution in [1.82, 2.24) is 10.4 Å². The molecule has 7 nitrogen and oxygen atoms in total. The van der Waals surface area contributed by atoms with E-state index in [1.165, 1.54) is 31.2 Å². The van der Waals surface area contributed by atoms with Crippen LogP contribution in [0.15, 0.2) is 29.2 Å². The first-order valence-corrected chi connectivity index (χ1v) is 8.02. The van der Waals surface area contributed by atoms with Gasteiger partial charge in [0, 0.05) is 25.3 Å². The number of nitrogens with one attached hydrogen (secondary N) is 1. The number of sulfone groups is 1. The molecule has 0 spiro atoms. The van der Waals surface area contributed by atoms with Gasteiger partial charge >= 0.3 is 0 Å². The van der Waals surface area contributed by atoms with Gasteiger partial charge in [0.1, 0.15) is 6.29 Å². The summed E-state index contributed by atoms with van der Waals surface area (Å²) in [6, 6.07) is 6.21. The van der Waals surface area contributed by atoms with Crippen LogP contribution in [0, 0.1) is 0 Å². The third-order valence-electron chi connectivity index (χ3n) is 2.95. The molecule has 1 fully saturated rings. The molecule has 1 atom stereocenters. The van der Waals surface area contributed by atoms with Gasteiger partial charge in [-0.1, -0.05) is 0 Å². The number of hydrogen-bond acceptors (Lipinski definition) is 7. The van der Waals surface area contributed by atoms with E-state index in [2.05, 4.69) is 5.32 Å². The zero-order valence-corrected chi connectivity index (χ0v) is 13.0. The molecule has 0 amide bonds. The maximum Gasteiger partial charge on any atom is 0.197 e. The van der Waals surface area contributed by atoms with E-state index in [1.54, 1.807) is 12.1 Å². The zero-order chi connectivity index (χ0) is 15.9. The largest absolute Gasteiger partial charge is 0.399 e.